The van der Waals surface area contributed by atoms with Crippen molar-refractivity contribution >= 4 is 5.97 Å². The molecule has 0 heterocycles. The van der Waals surface area contributed by atoms with E-state index in [1.807, 2.05) is 54.6 Å². The number of hydrogen-bond donors (Lipinski definition) is 0. The summed E-state index contributed by atoms with van der Waals surface area (Å²) in [4.78, 5) is 12.6. The zero-order chi connectivity index (χ0) is 15.6. The molecule has 0 aromatic heterocycles. The van der Waals surface area contributed by atoms with Gasteiger partial charge in [-0.3, -0.25) is 0 Å². The first-order valence-corrected chi connectivity index (χ1v) is 8.31. The average molecular weight is 304 g/mol. The number of rotatable bonds is 4. The van der Waals surface area contributed by atoms with Gasteiger partial charge in [-0.1, -0.05) is 60.7 Å². The van der Waals surface area contributed by atoms with E-state index in [2.05, 4.69) is 12.2 Å². The van der Waals surface area contributed by atoms with Crippen LogP contribution in [0.2, 0.25) is 0 Å². The Morgan fingerprint density at radius 1 is 0.957 bits per heavy atom. The van der Waals surface area contributed by atoms with Crippen molar-refractivity contribution in [2.75, 3.05) is 6.61 Å². The Kier molecular flexibility index (Phi) is 3.74. The molecule has 0 spiro atoms. The maximum atomic E-state index is 12.6. The van der Waals surface area contributed by atoms with E-state index < -0.39 is 0 Å². The summed E-state index contributed by atoms with van der Waals surface area (Å²) in [5, 5.41) is 0. The summed E-state index contributed by atoms with van der Waals surface area (Å²) in [6.45, 7) is 0.535. The molecule has 0 saturated heterocycles. The molecule has 0 radical (unpaired) electrons. The van der Waals surface area contributed by atoms with Gasteiger partial charge >= 0.3 is 5.97 Å². The van der Waals surface area contributed by atoms with Gasteiger partial charge in [0.25, 0.3) is 0 Å². The molecule has 2 aliphatic rings. The fourth-order valence-electron chi connectivity index (χ4n) is 3.88. The number of benzene rings is 2. The molecule has 2 nitrogen and oxygen atoms in total. The van der Waals surface area contributed by atoms with Crippen LogP contribution in [0.3, 0.4) is 0 Å². The third kappa shape index (κ3) is 2.81. The van der Waals surface area contributed by atoms with Crippen LogP contribution in [0.5, 0.6) is 0 Å². The first-order valence-electron chi connectivity index (χ1n) is 8.31. The van der Waals surface area contributed by atoms with Gasteiger partial charge in [-0.25, -0.2) is 4.79 Å². The van der Waals surface area contributed by atoms with E-state index in [1.54, 1.807) is 0 Å². The van der Waals surface area contributed by atoms with Crippen LogP contribution in [-0.4, -0.2) is 12.6 Å². The number of esters is 1. The molecule has 23 heavy (non-hydrogen) atoms. The summed E-state index contributed by atoms with van der Waals surface area (Å²) < 4.78 is 5.65. The van der Waals surface area contributed by atoms with Crippen molar-refractivity contribution in [1.29, 1.82) is 0 Å². The normalized spacial score (nSPS) is 24.8. The van der Waals surface area contributed by atoms with E-state index in [0.29, 0.717) is 29.9 Å². The fourth-order valence-corrected chi connectivity index (χ4v) is 3.88. The van der Waals surface area contributed by atoms with Crippen molar-refractivity contribution in [3.05, 3.63) is 72.3 Å². The topological polar surface area (TPSA) is 26.3 Å². The number of allylic oxidation sites excluding steroid dienone is 2. The second-order valence-corrected chi connectivity index (χ2v) is 6.55. The molecule has 116 valence electrons. The molecule has 0 amide bonds. The predicted octanol–water partition coefficient (Wildman–Crippen LogP) is 4.72. The Balaban J connectivity index is 1.49. The highest BCUT2D eigenvalue weighted by Crippen LogP contribution is 2.43. The van der Waals surface area contributed by atoms with Crippen LogP contribution in [0.1, 0.15) is 23.2 Å². The highest BCUT2D eigenvalue weighted by molar-refractivity contribution is 5.97. The lowest BCUT2D eigenvalue weighted by atomic mass is 9.94. The molecule has 3 atom stereocenters. The van der Waals surface area contributed by atoms with E-state index in [9.17, 15) is 4.79 Å². The minimum Gasteiger partial charge on any atom is -0.462 e. The van der Waals surface area contributed by atoms with E-state index in [0.717, 1.165) is 17.5 Å². The molecule has 1 fully saturated rings. The van der Waals surface area contributed by atoms with Gasteiger partial charge in [-0.15, -0.1) is 0 Å². The van der Waals surface area contributed by atoms with E-state index in [1.165, 1.54) is 6.42 Å². The van der Waals surface area contributed by atoms with Gasteiger partial charge < -0.3 is 4.74 Å². The van der Waals surface area contributed by atoms with Gasteiger partial charge in [0, 0.05) is 0 Å². The molecular formula is C21H20O2. The summed E-state index contributed by atoms with van der Waals surface area (Å²) in [6, 6.07) is 17.7. The number of carbonyl (C=O) groups is 1. The highest BCUT2D eigenvalue weighted by atomic mass is 16.5. The molecule has 2 heteroatoms. The molecule has 2 aromatic carbocycles. The zero-order valence-corrected chi connectivity index (χ0v) is 13.0. The van der Waals surface area contributed by atoms with Gasteiger partial charge in [0.15, 0.2) is 0 Å². The van der Waals surface area contributed by atoms with Gasteiger partial charge in [0.1, 0.15) is 0 Å². The van der Waals surface area contributed by atoms with Crippen molar-refractivity contribution in [1.82, 2.24) is 0 Å². The van der Waals surface area contributed by atoms with Crippen LogP contribution in [0.25, 0.3) is 11.1 Å². The van der Waals surface area contributed by atoms with Crippen molar-refractivity contribution in [3.8, 4) is 11.1 Å². The Morgan fingerprint density at radius 2 is 1.74 bits per heavy atom. The molecule has 0 aliphatic heterocycles. The van der Waals surface area contributed by atoms with Gasteiger partial charge in [-0.05, 0) is 47.8 Å². The maximum Gasteiger partial charge on any atom is 0.338 e. The van der Waals surface area contributed by atoms with Crippen LogP contribution >= 0.6 is 0 Å². The molecular weight excluding hydrogens is 284 g/mol. The third-order valence-corrected chi connectivity index (χ3v) is 5.08. The first-order chi connectivity index (χ1) is 11.3. The number of carbonyl (C=O) groups excluding carboxylic acids is 1. The quantitative estimate of drug-likeness (QED) is 0.603. The Hall–Kier alpha value is -2.35. The van der Waals surface area contributed by atoms with Gasteiger partial charge in [-0.2, -0.15) is 0 Å². The first kappa shape index (κ1) is 14.3. The van der Waals surface area contributed by atoms with Gasteiger partial charge in [0.2, 0.25) is 0 Å². The summed E-state index contributed by atoms with van der Waals surface area (Å²) >= 11 is 0. The number of fused-ring (bicyclic) bond motifs is 2. The lowest BCUT2D eigenvalue weighted by Crippen LogP contribution is -2.18. The predicted molar refractivity (Wildman–Crippen MR) is 91.0 cm³/mol. The second kappa shape index (κ2) is 6.04. The molecule has 2 aromatic rings. The maximum absolute atomic E-state index is 12.6. The molecule has 2 aliphatic carbocycles. The van der Waals surface area contributed by atoms with E-state index in [4.69, 9.17) is 4.74 Å². The second-order valence-electron chi connectivity index (χ2n) is 6.55. The molecule has 4 rings (SSSR count). The molecule has 3 unspecified atom stereocenters. The summed E-state index contributed by atoms with van der Waals surface area (Å²) in [5.41, 5.74) is 2.63. The highest BCUT2D eigenvalue weighted by Gasteiger charge is 2.36. The standard InChI is InChI=1S/C21H20O2/c22-21(23-14-18-13-15-10-11-17(18)12-15)20-9-5-4-8-19(20)16-6-2-1-3-7-16/h1-11,15,17-18H,12-14H2. The summed E-state index contributed by atoms with van der Waals surface area (Å²) in [7, 11) is 0. The van der Waals surface area contributed by atoms with Crippen molar-refractivity contribution in [2.45, 2.75) is 12.8 Å². The van der Waals surface area contributed by atoms with Crippen LogP contribution in [0, 0.1) is 17.8 Å². The largest absolute Gasteiger partial charge is 0.462 e. The van der Waals surface area contributed by atoms with Gasteiger partial charge in [0.05, 0.1) is 12.2 Å². The van der Waals surface area contributed by atoms with Crippen molar-refractivity contribution in [2.24, 2.45) is 17.8 Å². The van der Waals surface area contributed by atoms with E-state index >= 15 is 0 Å². The smallest absolute Gasteiger partial charge is 0.338 e. The van der Waals surface area contributed by atoms with E-state index in [-0.39, 0.29) is 5.97 Å². The van der Waals surface area contributed by atoms with Crippen molar-refractivity contribution in [3.63, 3.8) is 0 Å². The number of hydrogen-bond acceptors (Lipinski definition) is 2. The summed E-state index contributed by atoms with van der Waals surface area (Å²) in [5.74, 6) is 1.60. The average Bonchev–Trinajstić information content (AvgIpc) is 3.23. The van der Waals surface area contributed by atoms with Crippen LogP contribution in [0.15, 0.2) is 66.7 Å². The Morgan fingerprint density at radius 3 is 2.48 bits per heavy atom. The molecule has 1 saturated carbocycles. The molecule has 0 N–H and O–H groups in total. The third-order valence-electron chi connectivity index (χ3n) is 5.08. The number of ether oxygens (including phenoxy) is 1. The minimum atomic E-state index is -0.212. The molecule has 2 bridgehead atoms. The van der Waals surface area contributed by atoms with Crippen LogP contribution in [0.4, 0.5) is 0 Å². The van der Waals surface area contributed by atoms with Crippen LogP contribution < -0.4 is 0 Å². The summed E-state index contributed by atoms with van der Waals surface area (Å²) in [6.07, 6.45) is 7.01. The lowest BCUT2D eigenvalue weighted by molar-refractivity contribution is 0.0421. The lowest BCUT2D eigenvalue weighted by Gasteiger charge is -2.18. The van der Waals surface area contributed by atoms with Crippen molar-refractivity contribution < 1.29 is 9.53 Å². The Bertz CT molecular complexity index is 733. The minimum absolute atomic E-state index is 0.212. The zero-order valence-electron chi connectivity index (χ0n) is 13.0. The monoisotopic (exact) mass is 304 g/mol. The Labute approximate surface area is 136 Å². The SMILES string of the molecule is O=C(OCC1CC2C=CC1C2)c1ccccc1-c1ccccc1. The fraction of sp³-hybridized carbons (Fsp3) is 0.286. The van der Waals surface area contributed by atoms with Crippen LogP contribution in [-0.2, 0) is 4.74 Å².